The highest BCUT2D eigenvalue weighted by Crippen LogP contribution is 2.32. The summed E-state index contributed by atoms with van der Waals surface area (Å²) in [5.74, 6) is 0.0785. The number of hydrogen-bond acceptors (Lipinski definition) is 3. The van der Waals surface area contributed by atoms with Crippen LogP contribution in [0.3, 0.4) is 0 Å². The minimum atomic E-state index is -0.0834. The summed E-state index contributed by atoms with van der Waals surface area (Å²) >= 11 is 5.28. The number of fused-ring (bicyclic) bond motifs is 1. The highest BCUT2D eigenvalue weighted by atomic mass is 79.9. The first-order valence-corrected chi connectivity index (χ1v) is 11.3. The largest absolute Gasteiger partial charge is 0.322 e. The zero-order valence-electron chi connectivity index (χ0n) is 15.9. The summed E-state index contributed by atoms with van der Waals surface area (Å²) in [4.78, 5) is 29.9. The quantitative estimate of drug-likeness (QED) is 0.665. The van der Waals surface area contributed by atoms with E-state index in [1.807, 2.05) is 34.1 Å². The molecule has 1 aromatic carbocycles. The van der Waals surface area contributed by atoms with E-state index in [0.29, 0.717) is 12.6 Å². The van der Waals surface area contributed by atoms with Crippen molar-refractivity contribution in [3.05, 3.63) is 44.6 Å². The smallest absolute Gasteiger partial charge is 0.320 e. The normalized spacial score (nSPS) is 16.7. The SMILES string of the molecule is CC(=O)N(c1ccc(NC(=O)N2CCc3sc(Br)cc3C2)cc1)C1CCCC1. The lowest BCUT2D eigenvalue weighted by atomic mass is 10.1. The van der Waals surface area contributed by atoms with E-state index in [0.717, 1.165) is 41.0 Å². The second-order valence-corrected chi connectivity index (χ2v) is 9.99. The van der Waals surface area contributed by atoms with Crippen LogP contribution in [0.1, 0.15) is 43.0 Å². The Morgan fingerprint density at radius 3 is 2.61 bits per heavy atom. The second kappa shape index (κ2) is 8.25. The summed E-state index contributed by atoms with van der Waals surface area (Å²) in [7, 11) is 0. The first kappa shape index (κ1) is 19.5. The topological polar surface area (TPSA) is 52.7 Å². The maximum atomic E-state index is 12.7. The number of thiophene rings is 1. The van der Waals surface area contributed by atoms with Gasteiger partial charge in [-0.25, -0.2) is 4.79 Å². The van der Waals surface area contributed by atoms with Gasteiger partial charge in [0.1, 0.15) is 0 Å². The van der Waals surface area contributed by atoms with Gasteiger partial charge in [0, 0.05) is 42.3 Å². The van der Waals surface area contributed by atoms with Crippen LogP contribution in [-0.2, 0) is 17.8 Å². The third kappa shape index (κ3) is 4.10. The van der Waals surface area contributed by atoms with Gasteiger partial charge in [-0.05, 0) is 71.1 Å². The van der Waals surface area contributed by atoms with E-state index in [1.165, 1.54) is 23.3 Å². The molecule has 3 amide bonds. The number of amides is 3. The molecule has 0 radical (unpaired) electrons. The van der Waals surface area contributed by atoms with E-state index in [-0.39, 0.29) is 11.9 Å². The molecule has 2 aromatic rings. The number of carbonyl (C=O) groups excluding carboxylic acids is 2. The van der Waals surface area contributed by atoms with Gasteiger partial charge in [-0.1, -0.05) is 12.8 Å². The van der Waals surface area contributed by atoms with Crippen molar-refractivity contribution in [3.8, 4) is 0 Å². The molecule has 0 unspecified atom stereocenters. The van der Waals surface area contributed by atoms with Crippen LogP contribution in [0.25, 0.3) is 0 Å². The van der Waals surface area contributed by atoms with Crippen molar-refractivity contribution in [1.29, 1.82) is 0 Å². The molecule has 148 valence electrons. The Balaban J connectivity index is 1.41. The van der Waals surface area contributed by atoms with Gasteiger partial charge >= 0.3 is 6.03 Å². The number of anilines is 2. The number of nitrogens with zero attached hydrogens (tertiary/aromatic N) is 2. The Morgan fingerprint density at radius 1 is 1.21 bits per heavy atom. The van der Waals surface area contributed by atoms with E-state index in [4.69, 9.17) is 0 Å². The van der Waals surface area contributed by atoms with E-state index < -0.39 is 0 Å². The molecule has 5 nitrogen and oxygen atoms in total. The van der Waals surface area contributed by atoms with Crippen molar-refractivity contribution in [3.63, 3.8) is 0 Å². The zero-order chi connectivity index (χ0) is 19.7. The summed E-state index contributed by atoms with van der Waals surface area (Å²) in [6, 6.07) is 9.95. The Bertz CT molecular complexity index is 874. The lowest BCUT2D eigenvalue weighted by Gasteiger charge is -2.29. The summed E-state index contributed by atoms with van der Waals surface area (Å²) in [6.07, 6.45) is 5.38. The molecule has 1 N–H and O–H groups in total. The number of halogens is 1. The Morgan fingerprint density at radius 2 is 1.93 bits per heavy atom. The number of hydrogen-bond donors (Lipinski definition) is 1. The lowest BCUT2D eigenvalue weighted by Crippen LogP contribution is -2.38. The number of benzene rings is 1. The number of nitrogens with one attached hydrogen (secondary N) is 1. The van der Waals surface area contributed by atoms with Crippen molar-refractivity contribution in [2.45, 2.75) is 51.6 Å². The van der Waals surface area contributed by atoms with Gasteiger partial charge in [-0.2, -0.15) is 0 Å². The van der Waals surface area contributed by atoms with Gasteiger partial charge < -0.3 is 15.1 Å². The van der Waals surface area contributed by atoms with Crippen LogP contribution in [-0.4, -0.2) is 29.4 Å². The highest BCUT2D eigenvalue weighted by Gasteiger charge is 2.26. The maximum Gasteiger partial charge on any atom is 0.322 e. The Hall–Kier alpha value is -1.86. The van der Waals surface area contributed by atoms with Crippen LogP contribution < -0.4 is 10.2 Å². The third-order valence-corrected chi connectivity index (χ3v) is 7.29. The molecule has 1 fully saturated rings. The van der Waals surface area contributed by atoms with E-state index in [2.05, 4.69) is 27.3 Å². The van der Waals surface area contributed by atoms with Crippen LogP contribution >= 0.6 is 27.3 Å². The molecule has 28 heavy (non-hydrogen) atoms. The fourth-order valence-electron chi connectivity index (χ4n) is 4.19. The molecular weight excluding hydrogens is 438 g/mol. The molecule has 0 saturated heterocycles. The van der Waals surface area contributed by atoms with Gasteiger partial charge in [-0.3, -0.25) is 4.79 Å². The van der Waals surface area contributed by atoms with Crippen molar-refractivity contribution in [1.82, 2.24) is 4.90 Å². The van der Waals surface area contributed by atoms with Gasteiger partial charge in [0.05, 0.1) is 3.79 Å². The molecule has 2 heterocycles. The third-order valence-electron chi connectivity index (χ3n) is 5.55. The minimum absolute atomic E-state index is 0.0785. The van der Waals surface area contributed by atoms with Gasteiger partial charge in [-0.15, -0.1) is 11.3 Å². The molecule has 1 aliphatic heterocycles. The molecule has 2 aliphatic rings. The predicted molar refractivity (Wildman–Crippen MR) is 117 cm³/mol. The number of urea groups is 1. The molecule has 0 spiro atoms. The van der Waals surface area contributed by atoms with Crippen LogP contribution in [0.4, 0.5) is 16.2 Å². The summed E-state index contributed by atoms with van der Waals surface area (Å²) in [6.45, 7) is 2.99. The molecule has 1 saturated carbocycles. The van der Waals surface area contributed by atoms with Crippen LogP contribution in [0.5, 0.6) is 0 Å². The number of rotatable bonds is 3. The van der Waals surface area contributed by atoms with Crippen molar-refractivity contribution < 1.29 is 9.59 Å². The fourth-order valence-corrected chi connectivity index (χ4v) is 5.94. The standard InChI is InChI=1S/C21H24BrN3O2S/c1-14(26)25(17-4-2-3-5-17)18-8-6-16(7-9-18)23-21(27)24-11-10-19-15(13-24)12-20(22)28-19/h6-9,12,17H,2-5,10-11,13H2,1H3,(H,23,27). The molecular formula is C21H24BrN3O2S. The summed E-state index contributed by atoms with van der Waals surface area (Å²) in [5.41, 5.74) is 2.88. The number of carbonyl (C=O) groups is 2. The molecule has 7 heteroatoms. The minimum Gasteiger partial charge on any atom is -0.320 e. The summed E-state index contributed by atoms with van der Waals surface area (Å²) in [5, 5.41) is 2.99. The summed E-state index contributed by atoms with van der Waals surface area (Å²) < 4.78 is 1.12. The predicted octanol–water partition coefficient (Wildman–Crippen LogP) is 5.40. The highest BCUT2D eigenvalue weighted by molar-refractivity contribution is 9.11. The molecule has 1 aliphatic carbocycles. The van der Waals surface area contributed by atoms with Crippen molar-refractivity contribution in [2.75, 3.05) is 16.8 Å². The fraction of sp³-hybridized carbons (Fsp3) is 0.429. The molecule has 0 bridgehead atoms. The van der Waals surface area contributed by atoms with Gasteiger partial charge in [0.25, 0.3) is 0 Å². The first-order chi connectivity index (χ1) is 13.5. The molecule has 4 rings (SSSR count). The van der Waals surface area contributed by atoms with E-state index in [9.17, 15) is 9.59 Å². The first-order valence-electron chi connectivity index (χ1n) is 9.74. The van der Waals surface area contributed by atoms with Gasteiger partial charge in [0.2, 0.25) is 5.91 Å². The van der Waals surface area contributed by atoms with E-state index >= 15 is 0 Å². The Kier molecular flexibility index (Phi) is 5.73. The molecule has 1 aromatic heterocycles. The Labute approximate surface area is 177 Å². The second-order valence-electron chi connectivity index (χ2n) is 7.47. The van der Waals surface area contributed by atoms with Gasteiger partial charge in [0.15, 0.2) is 0 Å². The maximum absolute atomic E-state index is 12.7. The van der Waals surface area contributed by atoms with Crippen LogP contribution in [0.15, 0.2) is 34.1 Å². The average molecular weight is 462 g/mol. The molecule has 0 atom stereocenters. The van der Waals surface area contributed by atoms with Crippen LogP contribution in [0.2, 0.25) is 0 Å². The average Bonchev–Trinajstić information content (AvgIpc) is 3.31. The van der Waals surface area contributed by atoms with Crippen LogP contribution in [0, 0.1) is 0 Å². The van der Waals surface area contributed by atoms with E-state index in [1.54, 1.807) is 18.3 Å². The van der Waals surface area contributed by atoms with Crippen molar-refractivity contribution in [2.24, 2.45) is 0 Å². The monoisotopic (exact) mass is 461 g/mol. The van der Waals surface area contributed by atoms with Crippen molar-refractivity contribution >= 4 is 50.6 Å². The lowest BCUT2D eigenvalue weighted by molar-refractivity contribution is -0.117. The zero-order valence-corrected chi connectivity index (χ0v) is 18.3.